The minimum absolute atomic E-state index is 0.0121. The Balaban J connectivity index is 3.11. The predicted molar refractivity (Wildman–Crippen MR) is 48.3 cm³/mol. The fourth-order valence-electron chi connectivity index (χ4n) is 0.961. The highest BCUT2D eigenvalue weighted by Gasteiger charge is 2.34. The van der Waals surface area contributed by atoms with Crippen LogP contribution in [0.1, 0.15) is 11.1 Å². The second-order valence-electron chi connectivity index (χ2n) is 2.75. The van der Waals surface area contributed by atoms with E-state index in [0.717, 1.165) is 12.3 Å². The van der Waals surface area contributed by atoms with Gasteiger partial charge in [0.25, 0.3) is 0 Å². The Hall–Kier alpha value is -1.11. The molecule has 0 aliphatic carbocycles. The first-order chi connectivity index (χ1) is 6.80. The molecule has 0 atom stereocenters. The number of nitrogens with zero attached hydrogens (tertiary/aromatic N) is 1. The fraction of sp³-hybridized carbons (Fsp3) is 0.250. The molecule has 1 aromatic rings. The number of rotatable bonds is 2. The van der Waals surface area contributed by atoms with Crippen LogP contribution < -0.4 is 0 Å². The van der Waals surface area contributed by atoms with E-state index in [-0.39, 0.29) is 10.2 Å². The van der Waals surface area contributed by atoms with Gasteiger partial charge in [-0.2, -0.15) is 13.2 Å². The molecule has 3 nitrogen and oxygen atoms in total. The Kier molecular flexibility index (Phi) is 3.33. The molecule has 0 bridgehead atoms. The Morgan fingerprint density at radius 3 is 2.60 bits per heavy atom. The van der Waals surface area contributed by atoms with E-state index in [0.29, 0.717) is 0 Å². The molecule has 1 aromatic heterocycles. The summed E-state index contributed by atoms with van der Waals surface area (Å²) in [6.07, 6.45) is -3.93. The predicted octanol–water partition coefficient (Wildman–Crippen LogP) is 2.49. The molecule has 1 N–H and O–H groups in total. The molecule has 0 unspecified atom stereocenters. The van der Waals surface area contributed by atoms with Crippen molar-refractivity contribution >= 4 is 21.9 Å². The van der Waals surface area contributed by atoms with Gasteiger partial charge in [-0.05, 0) is 27.6 Å². The van der Waals surface area contributed by atoms with E-state index in [4.69, 9.17) is 5.11 Å². The Labute approximate surface area is 91.1 Å². The van der Waals surface area contributed by atoms with E-state index >= 15 is 0 Å². The normalized spacial score (nSPS) is 11.5. The number of carboxylic acid groups (broad SMARTS) is 1. The van der Waals surface area contributed by atoms with E-state index in [1.165, 1.54) is 0 Å². The van der Waals surface area contributed by atoms with Crippen LogP contribution in [0.25, 0.3) is 0 Å². The van der Waals surface area contributed by atoms with Gasteiger partial charge in [-0.3, -0.25) is 4.79 Å². The Morgan fingerprint density at radius 2 is 2.13 bits per heavy atom. The average molecular weight is 284 g/mol. The van der Waals surface area contributed by atoms with Crippen LogP contribution in [0.5, 0.6) is 0 Å². The third kappa shape index (κ3) is 3.19. The van der Waals surface area contributed by atoms with Crippen LogP contribution in [-0.4, -0.2) is 16.1 Å². The van der Waals surface area contributed by atoms with Crippen molar-refractivity contribution in [3.8, 4) is 0 Å². The highest BCUT2D eigenvalue weighted by molar-refractivity contribution is 9.10. The number of aliphatic carboxylic acids is 1. The summed E-state index contributed by atoms with van der Waals surface area (Å²) in [6, 6.07) is 0.769. The molecule has 0 saturated heterocycles. The monoisotopic (exact) mass is 283 g/mol. The molecule has 15 heavy (non-hydrogen) atoms. The number of carbonyl (C=O) groups is 1. The fourth-order valence-corrected chi connectivity index (χ4v) is 1.40. The van der Waals surface area contributed by atoms with Gasteiger partial charge in [0.05, 0.1) is 12.0 Å². The van der Waals surface area contributed by atoms with Gasteiger partial charge in [0.1, 0.15) is 4.60 Å². The molecule has 0 amide bonds. The van der Waals surface area contributed by atoms with E-state index in [1.54, 1.807) is 0 Å². The van der Waals surface area contributed by atoms with Crippen molar-refractivity contribution in [2.45, 2.75) is 12.6 Å². The average Bonchev–Trinajstić information content (AvgIpc) is 2.05. The number of hydrogen-bond donors (Lipinski definition) is 1. The number of pyridine rings is 1. The number of hydrogen-bond acceptors (Lipinski definition) is 2. The van der Waals surface area contributed by atoms with Crippen molar-refractivity contribution in [2.24, 2.45) is 0 Å². The maximum atomic E-state index is 12.3. The molecular formula is C8H5BrF3NO2. The zero-order valence-electron chi connectivity index (χ0n) is 7.18. The van der Waals surface area contributed by atoms with Gasteiger partial charge in [0.2, 0.25) is 0 Å². The summed E-state index contributed by atoms with van der Waals surface area (Å²) in [5.74, 6) is -1.20. The summed E-state index contributed by atoms with van der Waals surface area (Å²) in [7, 11) is 0. The number of aromatic nitrogens is 1. The molecule has 0 fully saturated rings. The SMILES string of the molecule is O=C(O)Cc1cnc(Br)c(C(F)(F)F)c1. The molecule has 0 aliphatic heterocycles. The van der Waals surface area contributed by atoms with E-state index in [9.17, 15) is 18.0 Å². The summed E-state index contributed by atoms with van der Waals surface area (Å²) < 4.78 is 36.7. The molecule has 0 spiro atoms. The highest BCUT2D eigenvalue weighted by Crippen LogP contribution is 2.34. The molecule has 1 heterocycles. The minimum Gasteiger partial charge on any atom is -0.481 e. The van der Waals surface area contributed by atoms with E-state index in [1.807, 2.05) is 0 Å². The van der Waals surface area contributed by atoms with Gasteiger partial charge < -0.3 is 5.11 Å². The van der Waals surface area contributed by atoms with Crippen LogP contribution in [0.15, 0.2) is 16.9 Å². The summed E-state index contributed by atoms with van der Waals surface area (Å²) in [4.78, 5) is 13.7. The van der Waals surface area contributed by atoms with Crippen molar-refractivity contribution in [3.05, 3.63) is 28.0 Å². The third-order valence-electron chi connectivity index (χ3n) is 1.56. The summed E-state index contributed by atoms with van der Waals surface area (Å²) in [5, 5.41) is 8.41. The number of carboxylic acids is 1. The topological polar surface area (TPSA) is 50.2 Å². The molecule has 7 heteroatoms. The van der Waals surface area contributed by atoms with Crippen molar-refractivity contribution in [1.29, 1.82) is 0 Å². The van der Waals surface area contributed by atoms with Crippen LogP contribution in [0.4, 0.5) is 13.2 Å². The van der Waals surface area contributed by atoms with Crippen LogP contribution in [-0.2, 0) is 17.4 Å². The summed E-state index contributed by atoms with van der Waals surface area (Å²) in [6.45, 7) is 0. The van der Waals surface area contributed by atoms with Crippen LogP contribution in [0, 0.1) is 0 Å². The van der Waals surface area contributed by atoms with Crippen molar-refractivity contribution < 1.29 is 23.1 Å². The van der Waals surface area contributed by atoms with Crippen LogP contribution in [0.3, 0.4) is 0 Å². The first kappa shape index (κ1) is 12.0. The molecule has 1 rings (SSSR count). The van der Waals surface area contributed by atoms with Crippen molar-refractivity contribution in [2.75, 3.05) is 0 Å². The van der Waals surface area contributed by atoms with Gasteiger partial charge in [-0.15, -0.1) is 0 Å². The quantitative estimate of drug-likeness (QED) is 0.849. The summed E-state index contributed by atoms with van der Waals surface area (Å²) in [5.41, 5.74) is -0.959. The largest absolute Gasteiger partial charge is 0.481 e. The lowest BCUT2D eigenvalue weighted by Gasteiger charge is -2.09. The van der Waals surface area contributed by atoms with Crippen molar-refractivity contribution in [3.63, 3.8) is 0 Å². The molecule has 82 valence electrons. The van der Waals surface area contributed by atoms with Gasteiger partial charge in [-0.25, -0.2) is 4.98 Å². The Bertz CT molecular complexity index is 392. The molecule has 0 radical (unpaired) electrons. The van der Waals surface area contributed by atoms with Crippen LogP contribution in [0.2, 0.25) is 0 Å². The smallest absolute Gasteiger partial charge is 0.419 e. The maximum absolute atomic E-state index is 12.3. The highest BCUT2D eigenvalue weighted by atomic mass is 79.9. The lowest BCUT2D eigenvalue weighted by Crippen LogP contribution is -2.09. The second kappa shape index (κ2) is 4.18. The molecular weight excluding hydrogens is 279 g/mol. The zero-order chi connectivity index (χ0) is 11.6. The lowest BCUT2D eigenvalue weighted by molar-refractivity contribution is -0.139. The first-order valence-corrected chi connectivity index (χ1v) is 4.53. The lowest BCUT2D eigenvalue weighted by atomic mass is 10.1. The second-order valence-corrected chi connectivity index (χ2v) is 3.50. The third-order valence-corrected chi connectivity index (χ3v) is 2.19. The van der Waals surface area contributed by atoms with Crippen LogP contribution >= 0.6 is 15.9 Å². The van der Waals surface area contributed by atoms with Gasteiger partial charge >= 0.3 is 12.1 Å². The van der Waals surface area contributed by atoms with Gasteiger partial charge in [0, 0.05) is 6.20 Å². The number of halogens is 4. The van der Waals surface area contributed by atoms with E-state index in [2.05, 4.69) is 20.9 Å². The molecule has 0 aromatic carbocycles. The van der Waals surface area contributed by atoms with Gasteiger partial charge in [-0.1, -0.05) is 0 Å². The first-order valence-electron chi connectivity index (χ1n) is 3.74. The standard InChI is InChI=1S/C8H5BrF3NO2/c9-7-5(8(10,11)12)1-4(3-13-7)2-6(14)15/h1,3H,2H2,(H,14,15). The van der Waals surface area contributed by atoms with Gasteiger partial charge in [0.15, 0.2) is 0 Å². The maximum Gasteiger partial charge on any atom is 0.419 e. The minimum atomic E-state index is -4.54. The Morgan fingerprint density at radius 1 is 1.53 bits per heavy atom. The molecule has 0 aliphatic rings. The van der Waals surface area contributed by atoms with E-state index < -0.39 is 24.1 Å². The number of alkyl halides is 3. The molecule has 0 saturated carbocycles. The zero-order valence-corrected chi connectivity index (χ0v) is 8.76. The van der Waals surface area contributed by atoms with Crippen molar-refractivity contribution in [1.82, 2.24) is 4.98 Å². The summed E-state index contributed by atoms with van der Waals surface area (Å²) >= 11 is 2.65.